The summed E-state index contributed by atoms with van der Waals surface area (Å²) in [5, 5.41) is 17.9. The lowest BCUT2D eigenvalue weighted by atomic mass is 10.4. The number of furan rings is 1. The van der Waals surface area contributed by atoms with Gasteiger partial charge in [-0.05, 0) is 25.0 Å². The number of carbonyl (C=O) groups is 1. The molecule has 4 rings (SSSR count). The Morgan fingerprint density at radius 1 is 1.35 bits per heavy atom. The molecule has 0 spiro atoms. The lowest BCUT2D eigenvalue weighted by Gasteiger charge is -1.99. The Morgan fingerprint density at radius 3 is 3.04 bits per heavy atom. The first-order chi connectivity index (χ1) is 11.3. The summed E-state index contributed by atoms with van der Waals surface area (Å²) >= 11 is 2.81. The largest absolute Gasteiger partial charge is 0.467 e. The summed E-state index contributed by atoms with van der Waals surface area (Å²) in [7, 11) is 0. The van der Waals surface area contributed by atoms with Crippen LogP contribution >= 0.6 is 22.7 Å². The highest BCUT2D eigenvalue weighted by Gasteiger charge is 2.27. The first-order valence-electron chi connectivity index (χ1n) is 7.14. The minimum atomic E-state index is -0.272. The zero-order valence-corrected chi connectivity index (χ0v) is 13.6. The standard InChI is InChI=1S/C14H13N5O2S2/c20-11(17-14-19-18-12(23-14)8-3-4-8)10-7-22-13(16-10)15-6-9-2-1-5-21-9/h1-2,5,7-8H,3-4,6H2,(H,15,16)(H,17,19,20). The molecule has 0 bridgehead atoms. The van der Waals surface area contributed by atoms with E-state index in [-0.39, 0.29) is 5.91 Å². The lowest BCUT2D eigenvalue weighted by Crippen LogP contribution is -2.12. The third-order valence-corrected chi connectivity index (χ3v) is 5.12. The minimum absolute atomic E-state index is 0.272. The van der Waals surface area contributed by atoms with Gasteiger partial charge in [0, 0.05) is 11.3 Å². The van der Waals surface area contributed by atoms with Gasteiger partial charge in [-0.3, -0.25) is 10.1 Å². The summed E-state index contributed by atoms with van der Waals surface area (Å²) in [6, 6.07) is 3.71. The van der Waals surface area contributed by atoms with Gasteiger partial charge in [-0.1, -0.05) is 11.3 Å². The number of rotatable bonds is 6. The number of carbonyl (C=O) groups excluding carboxylic acids is 1. The molecule has 3 heterocycles. The van der Waals surface area contributed by atoms with Gasteiger partial charge in [0.25, 0.3) is 5.91 Å². The second-order valence-electron chi connectivity index (χ2n) is 5.14. The van der Waals surface area contributed by atoms with Crippen molar-refractivity contribution in [2.24, 2.45) is 0 Å². The van der Waals surface area contributed by atoms with Crippen LogP contribution in [0.3, 0.4) is 0 Å². The Bertz CT molecular complexity index is 807. The maximum atomic E-state index is 12.2. The van der Waals surface area contributed by atoms with Gasteiger partial charge in [-0.15, -0.1) is 21.5 Å². The van der Waals surface area contributed by atoms with E-state index in [1.54, 1.807) is 11.6 Å². The highest BCUT2D eigenvalue weighted by Crippen LogP contribution is 2.42. The second kappa shape index (κ2) is 6.09. The fourth-order valence-electron chi connectivity index (χ4n) is 1.98. The maximum absolute atomic E-state index is 12.2. The summed E-state index contributed by atoms with van der Waals surface area (Å²) in [5.74, 6) is 1.08. The smallest absolute Gasteiger partial charge is 0.277 e. The third kappa shape index (κ3) is 3.40. The number of nitrogens with one attached hydrogen (secondary N) is 2. The molecule has 0 radical (unpaired) electrons. The molecule has 0 saturated heterocycles. The molecule has 1 amide bonds. The van der Waals surface area contributed by atoms with Gasteiger partial charge >= 0.3 is 0 Å². The summed E-state index contributed by atoms with van der Waals surface area (Å²) in [4.78, 5) is 16.5. The van der Waals surface area contributed by atoms with E-state index in [1.807, 2.05) is 12.1 Å². The van der Waals surface area contributed by atoms with E-state index >= 15 is 0 Å². The van der Waals surface area contributed by atoms with Crippen molar-refractivity contribution >= 4 is 38.8 Å². The van der Waals surface area contributed by atoms with Gasteiger partial charge in [0.2, 0.25) is 5.13 Å². The SMILES string of the molecule is O=C(Nc1nnc(C2CC2)s1)c1csc(NCc2ccco2)n1. The predicted molar refractivity (Wildman–Crippen MR) is 88.0 cm³/mol. The van der Waals surface area contributed by atoms with Crippen molar-refractivity contribution in [3.8, 4) is 0 Å². The van der Waals surface area contributed by atoms with Crippen LogP contribution < -0.4 is 10.6 Å². The number of hydrogen-bond donors (Lipinski definition) is 2. The molecule has 0 aromatic carbocycles. The van der Waals surface area contributed by atoms with Crippen molar-refractivity contribution in [3.63, 3.8) is 0 Å². The fraction of sp³-hybridized carbons (Fsp3) is 0.286. The van der Waals surface area contributed by atoms with Crippen LogP contribution in [-0.2, 0) is 6.54 Å². The van der Waals surface area contributed by atoms with Crippen LogP contribution in [0, 0.1) is 0 Å². The van der Waals surface area contributed by atoms with Crippen molar-refractivity contribution in [3.05, 3.63) is 40.2 Å². The zero-order valence-electron chi connectivity index (χ0n) is 12.0. The van der Waals surface area contributed by atoms with Crippen molar-refractivity contribution in [1.29, 1.82) is 0 Å². The van der Waals surface area contributed by atoms with Crippen LogP contribution in [0.2, 0.25) is 0 Å². The van der Waals surface area contributed by atoms with E-state index in [2.05, 4.69) is 25.8 Å². The van der Waals surface area contributed by atoms with E-state index in [0.717, 1.165) is 10.8 Å². The lowest BCUT2D eigenvalue weighted by molar-refractivity contribution is 0.102. The Kier molecular flexibility index (Phi) is 3.80. The molecule has 3 aromatic rings. The molecule has 3 aromatic heterocycles. The summed E-state index contributed by atoms with van der Waals surface area (Å²) < 4.78 is 5.24. The second-order valence-corrected chi connectivity index (χ2v) is 7.01. The van der Waals surface area contributed by atoms with Crippen LogP contribution in [0.4, 0.5) is 10.3 Å². The quantitative estimate of drug-likeness (QED) is 0.710. The van der Waals surface area contributed by atoms with Crippen LogP contribution in [0.15, 0.2) is 28.2 Å². The summed E-state index contributed by atoms with van der Waals surface area (Å²) in [6.45, 7) is 0.530. The highest BCUT2D eigenvalue weighted by molar-refractivity contribution is 7.15. The summed E-state index contributed by atoms with van der Waals surface area (Å²) in [5.41, 5.74) is 0.361. The minimum Gasteiger partial charge on any atom is -0.467 e. The molecular weight excluding hydrogens is 334 g/mol. The van der Waals surface area contributed by atoms with E-state index in [0.29, 0.717) is 28.4 Å². The average Bonchev–Trinajstić information content (AvgIpc) is 3.00. The summed E-state index contributed by atoms with van der Waals surface area (Å²) in [6.07, 6.45) is 3.95. The molecule has 7 nitrogen and oxygen atoms in total. The topological polar surface area (TPSA) is 92.9 Å². The molecule has 1 aliphatic rings. The molecule has 1 aliphatic carbocycles. The monoisotopic (exact) mass is 347 g/mol. The molecule has 1 saturated carbocycles. The number of hydrogen-bond acceptors (Lipinski definition) is 8. The van der Waals surface area contributed by atoms with Crippen LogP contribution in [0.25, 0.3) is 0 Å². The van der Waals surface area contributed by atoms with Gasteiger partial charge in [-0.25, -0.2) is 4.98 Å². The molecule has 118 valence electrons. The zero-order chi connectivity index (χ0) is 15.6. The molecule has 2 N–H and O–H groups in total. The normalized spacial score (nSPS) is 13.9. The first-order valence-corrected chi connectivity index (χ1v) is 8.84. The van der Waals surface area contributed by atoms with Crippen molar-refractivity contribution in [2.75, 3.05) is 10.6 Å². The number of amides is 1. The first kappa shape index (κ1) is 14.3. The number of nitrogens with zero attached hydrogens (tertiary/aromatic N) is 3. The molecule has 1 fully saturated rings. The Hall–Kier alpha value is -2.26. The molecule has 0 atom stereocenters. The highest BCUT2D eigenvalue weighted by atomic mass is 32.1. The van der Waals surface area contributed by atoms with Crippen molar-refractivity contribution in [1.82, 2.24) is 15.2 Å². The van der Waals surface area contributed by atoms with Gasteiger partial charge in [0.1, 0.15) is 16.5 Å². The number of thiazole rings is 1. The van der Waals surface area contributed by atoms with Gasteiger partial charge in [0.05, 0.1) is 12.8 Å². The Balaban J connectivity index is 1.36. The van der Waals surface area contributed by atoms with Gasteiger partial charge in [0.15, 0.2) is 5.13 Å². The van der Waals surface area contributed by atoms with E-state index in [4.69, 9.17) is 4.42 Å². The van der Waals surface area contributed by atoms with Crippen molar-refractivity contribution in [2.45, 2.75) is 25.3 Å². The Morgan fingerprint density at radius 2 is 2.26 bits per heavy atom. The fourth-order valence-corrected chi connectivity index (χ4v) is 3.57. The number of anilines is 2. The molecular formula is C14H13N5O2S2. The number of aromatic nitrogens is 3. The Labute approximate surface area is 139 Å². The van der Waals surface area contributed by atoms with E-state index < -0.39 is 0 Å². The van der Waals surface area contributed by atoms with E-state index in [1.165, 1.54) is 35.5 Å². The van der Waals surface area contributed by atoms with Gasteiger partial charge < -0.3 is 9.73 Å². The van der Waals surface area contributed by atoms with Gasteiger partial charge in [-0.2, -0.15) is 0 Å². The van der Waals surface area contributed by atoms with Crippen LogP contribution in [0.5, 0.6) is 0 Å². The molecule has 23 heavy (non-hydrogen) atoms. The molecule has 0 aliphatic heterocycles. The maximum Gasteiger partial charge on any atom is 0.277 e. The van der Waals surface area contributed by atoms with Crippen LogP contribution in [-0.4, -0.2) is 21.1 Å². The predicted octanol–water partition coefficient (Wildman–Crippen LogP) is 3.33. The van der Waals surface area contributed by atoms with E-state index in [9.17, 15) is 4.79 Å². The molecule has 9 heteroatoms. The van der Waals surface area contributed by atoms with Crippen LogP contribution in [0.1, 0.15) is 40.0 Å². The molecule has 0 unspecified atom stereocenters. The third-order valence-electron chi connectivity index (χ3n) is 3.32. The average molecular weight is 347 g/mol. The van der Waals surface area contributed by atoms with Crippen molar-refractivity contribution < 1.29 is 9.21 Å².